The van der Waals surface area contributed by atoms with Crippen LogP contribution in [0, 0.1) is 0 Å². The maximum absolute atomic E-state index is 12.9. The van der Waals surface area contributed by atoms with Crippen LogP contribution < -0.4 is 10.6 Å². The smallest absolute Gasteiger partial charge is 0.255 e. The molecule has 0 spiro atoms. The van der Waals surface area contributed by atoms with Crippen molar-refractivity contribution in [1.82, 2.24) is 25.3 Å². The quantitative estimate of drug-likeness (QED) is 0.644. The van der Waals surface area contributed by atoms with Crippen LogP contribution in [0.2, 0.25) is 0 Å². The highest BCUT2D eigenvalue weighted by Crippen LogP contribution is 2.28. The first kappa shape index (κ1) is 20.0. The number of amides is 3. The number of piperazine rings is 1. The van der Waals surface area contributed by atoms with E-state index < -0.39 is 6.04 Å². The van der Waals surface area contributed by atoms with Gasteiger partial charge in [0.15, 0.2) is 0 Å². The van der Waals surface area contributed by atoms with Crippen molar-refractivity contribution in [3.05, 3.63) is 34.9 Å². The third-order valence-electron chi connectivity index (χ3n) is 6.05. The van der Waals surface area contributed by atoms with Crippen molar-refractivity contribution in [2.75, 3.05) is 46.3 Å². The monoisotopic (exact) mass is 399 g/mol. The second-order valence-electron chi connectivity index (χ2n) is 8.22. The predicted octanol–water partition coefficient (Wildman–Crippen LogP) is -0.215. The van der Waals surface area contributed by atoms with Crippen LogP contribution in [-0.2, 0) is 22.7 Å². The second kappa shape index (κ2) is 8.61. The Balaban J connectivity index is 1.36. The molecule has 3 heterocycles. The van der Waals surface area contributed by atoms with Crippen molar-refractivity contribution in [2.45, 2.75) is 32.0 Å². The number of nitrogens with zero attached hydrogens (tertiary/aromatic N) is 3. The maximum Gasteiger partial charge on any atom is 0.255 e. The van der Waals surface area contributed by atoms with E-state index in [0.717, 1.165) is 56.9 Å². The van der Waals surface area contributed by atoms with Crippen molar-refractivity contribution < 1.29 is 14.4 Å². The number of hydrogen-bond acceptors (Lipinski definition) is 6. The first-order valence-electron chi connectivity index (χ1n) is 10.4. The molecule has 1 unspecified atom stereocenters. The molecule has 0 radical (unpaired) electrons. The molecule has 1 aromatic carbocycles. The van der Waals surface area contributed by atoms with Gasteiger partial charge in [0, 0.05) is 64.3 Å². The summed E-state index contributed by atoms with van der Waals surface area (Å²) in [5.74, 6) is -0.739. The highest BCUT2D eigenvalue weighted by molar-refractivity contribution is 6.05. The molecule has 8 nitrogen and oxygen atoms in total. The summed E-state index contributed by atoms with van der Waals surface area (Å²) in [6.07, 6.45) is 0.672. The van der Waals surface area contributed by atoms with Gasteiger partial charge < -0.3 is 15.1 Å². The van der Waals surface area contributed by atoms with E-state index in [1.54, 1.807) is 4.90 Å². The van der Waals surface area contributed by atoms with Gasteiger partial charge in [-0.3, -0.25) is 24.6 Å². The van der Waals surface area contributed by atoms with Gasteiger partial charge in [0.25, 0.3) is 5.91 Å². The molecule has 3 aliphatic heterocycles. The van der Waals surface area contributed by atoms with E-state index in [-0.39, 0.29) is 24.1 Å². The van der Waals surface area contributed by atoms with Crippen molar-refractivity contribution in [3.63, 3.8) is 0 Å². The van der Waals surface area contributed by atoms with Crippen molar-refractivity contribution in [2.24, 2.45) is 0 Å². The molecular formula is C21H29N5O3. The van der Waals surface area contributed by atoms with Gasteiger partial charge in [-0.25, -0.2) is 0 Å². The minimum absolute atomic E-state index is 0.111. The summed E-state index contributed by atoms with van der Waals surface area (Å²) in [6.45, 7) is 7.54. The van der Waals surface area contributed by atoms with E-state index >= 15 is 0 Å². The van der Waals surface area contributed by atoms with Crippen LogP contribution in [0.3, 0.4) is 0 Å². The molecule has 3 aliphatic rings. The lowest BCUT2D eigenvalue weighted by atomic mass is 10.0. The lowest BCUT2D eigenvalue weighted by Gasteiger charge is -2.29. The molecule has 29 heavy (non-hydrogen) atoms. The molecule has 156 valence electrons. The average Bonchev–Trinajstić information content (AvgIpc) is 3.03. The fourth-order valence-corrected chi connectivity index (χ4v) is 4.34. The minimum Gasteiger partial charge on any atom is -0.322 e. The molecule has 3 amide bonds. The molecule has 1 atom stereocenters. The Hall–Kier alpha value is -2.29. The molecule has 0 bridgehead atoms. The van der Waals surface area contributed by atoms with Crippen molar-refractivity contribution in [1.29, 1.82) is 0 Å². The Morgan fingerprint density at radius 2 is 1.97 bits per heavy atom. The molecule has 8 heteroatoms. The first-order chi connectivity index (χ1) is 14.0. The zero-order valence-electron chi connectivity index (χ0n) is 16.9. The lowest BCUT2D eigenvalue weighted by molar-refractivity contribution is -0.136. The SMILES string of the molecule is CN(CCN1CCNCC1)Cc1ccc2c(c1)C(=O)N(C1CCC(=O)NC1=O)C2. The number of carbonyl (C=O) groups is 3. The predicted molar refractivity (Wildman–Crippen MR) is 108 cm³/mol. The first-order valence-corrected chi connectivity index (χ1v) is 10.4. The Kier molecular flexibility index (Phi) is 5.94. The molecule has 0 aliphatic carbocycles. The summed E-state index contributed by atoms with van der Waals surface area (Å²) in [5.41, 5.74) is 2.74. The minimum atomic E-state index is -0.558. The summed E-state index contributed by atoms with van der Waals surface area (Å²) in [4.78, 5) is 42.8. The lowest BCUT2D eigenvalue weighted by Crippen LogP contribution is -2.52. The number of carbonyl (C=O) groups excluding carboxylic acids is 3. The molecule has 0 saturated carbocycles. The normalized spacial score (nSPS) is 22.9. The van der Waals surface area contributed by atoms with E-state index in [9.17, 15) is 14.4 Å². The highest BCUT2D eigenvalue weighted by Gasteiger charge is 2.39. The standard InChI is InChI=1S/C21H29N5O3/c1-24(10-11-25-8-6-22-7-9-25)13-15-2-3-16-14-26(21(29)17(16)12-15)18-4-5-19(27)23-20(18)28/h2-3,12,18,22H,4-11,13-14H2,1H3,(H,23,27,28). The Morgan fingerprint density at radius 1 is 1.17 bits per heavy atom. The van der Waals surface area contributed by atoms with E-state index in [4.69, 9.17) is 0 Å². The van der Waals surface area contributed by atoms with Gasteiger partial charge in [0.1, 0.15) is 6.04 Å². The summed E-state index contributed by atoms with van der Waals surface area (Å²) < 4.78 is 0. The van der Waals surface area contributed by atoms with E-state index in [0.29, 0.717) is 18.5 Å². The molecule has 2 fully saturated rings. The van der Waals surface area contributed by atoms with Gasteiger partial charge in [-0.15, -0.1) is 0 Å². The number of benzene rings is 1. The number of rotatable bonds is 6. The Bertz CT molecular complexity index is 806. The van der Waals surface area contributed by atoms with Crippen LogP contribution in [0.15, 0.2) is 18.2 Å². The number of imide groups is 1. The van der Waals surface area contributed by atoms with Gasteiger partial charge >= 0.3 is 0 Å². The number of fused-ring (bicyclic) bond motifs is 1. The fourth-order valence-electron chi connectivity index (χ4n) is 4.34. The molecule has 4 rings (SSSR count). The van der Waals surface area contributed by atoms with Gasteiger partial charge in [0.2, 0.25) is 11.8 Å². The Labute approximate surface area is 171 Å². The third kappa shape index (κ3) is 4.49. The summed E-state index contributed by atoms with van der Waals surface area (Å²) in [6, 6.07) is 5.47. The van der Waals surface area contributed by atoms with Gasteiger partial charge in [0.05, 0.1) is 0 Å². The van der Waals surface area contributed by atoms with Crippen LogP contribution in [0.1, 0.15) is 34.3 Å². The van der Waals surface area contributed by atoms with E-state index in [1.807, 2.05) is 12.1 Å². The number of nitrogens with one attached hydrogen (secondary N) is 2. The summed E-state index contributed by atoms with van der Waals surface area (Å²) in [5, 5.41) is 5.72. The second-order valence-corrected chi connectivity index (χ2v) is 8.22. The molecule has 1 aromatic rings. The number of piperidine rings is 1. The molecule has 2 saturated heterocycles. The van der Waals surface area contributed by atoms with E-state index in [2.05, 4.69) is 33.5 Å². The zero-order chi connectivity index (χ0) is 20.4. The van der Waals surface area contributed by atoms with Gasteiger partial charge in [-0.05, 0) is 30.7 Å². The third-order valence-corrected chi connectivity index (χ3v) is 6.05. The zero-order valence-corrected chi connectivity index (χ0v) is 16.9. The molecule has 0 aromatic heterocycles. The number of likely N-dealkylation sites (N-methyl/N-ethyl adjacent to an activating group) is 1. The van der Waals surface area contributed by atoms with Crippen molar-refractivity contribution in [3.8, 4) is 0 Å². The molecule has 2 N–H and O–H groups in total. The Morgan fingerprint density at radius 3 is 2.72 bits per heavy atom. The van der Waals surface area contributed by atoms with Crippen LogP contribution in [-0.4, -0.2) is 84.8 Å². The highest BCUT2D eigenvalue weighted by atomic mass is 16.2. The summed E-state index contributed by atoms with van der Waals surface area (Å²) in [7, 11) is 2.10. The van der Waals surface area contributed by atoms with Crippen LogP contribution in [0.25, 0.3) is 0 Å². The van der Waals surface area contributed by atoms with Crippen LogP contribution in [0.4, 0.5) is 0 Å². The maximum atomic E-state index is 12.9. The van der Waals surface area contributed by atoms with Gasteiger partial charge in [-0.1, -0.05) is 12.1 Å². The fraction of sp³-hybridized carbons (Fsp3) is 0.571. The van der Waals surface area contributed by atoms with E-state index in [1.165, 1.54) is 0 Å². The van der Waals surface area contributed by atoms with Crippen LogP contribution >= 0.6 is 0 Å². The average molecular weight is 399 g/mol. The number of hydrogen-bond donors (Lipinski definition) is 2. The van der Waals surface area contributed by atoms with Gasteiger partial charge in [-0.2, -0.15) is 0 Å². The van der Waals surface area contributed by atoms with Crippen molar-refractivity contribution >= 4 is 17.7 Å². The summed E-state index contributed by atoms with van der Waals surface area (Å²) >= 11 is 0. The topological polar surface area (TPSA) is 85.0 Å². The van der Waals surface area contributed by atoms with Crippen LogP contribution in [0.5, 0.6) is 0 Å². The largest absolute Gasteiger partial charge is 0.322 e. The molecular weight excluding hydrogens is 370 g/mol.